The number of aliphatic hydroxyl groups excluding tert-OH is 1. The zero-order valence-electron chi connectivity index (χ0n) is 12.0. The first-order chi connectivity index (χ1) is 8.80. The van der Waals surface area contributed by atoms with Gasteiger partial charge in [0.15, 0.2) is 5.13 Å². The fourth-order valence-corrected chi connectivity index (χ4v) is 2.32. The fourth-order valence-electron chi connectivity index (χ4n) is 1.61. The molecule has 1 heterocycles. The Morgan fingerprint density at radius 2 is 2.21 bits per heavy atom. The molecule has 0 saturated carbocycles. The lowest BCUT2D eigenvalue weighted by molar-refractivity contribution is 0.241. The van der Waals surface area contributed by atoms with Gasteiger partial charge in [0, 0.05) is 18.0 Å². The average Bonchev–Trinajstić information content (AvgIpc) is 2.62. The first-order valence-electron chi connectivity index (χ1n) is 6.43. The van der Waals surface area contributed by atoms with Gasteiger partial charge < -0.3 is 10.4 Å². The number of rotatable bonds is 5. The van der Waals surface area contributed by atoms with E-state index in [0.717, 1.165) is 12.1 Å². The van der Waals surface area contributed by atoms with Crippen LogP contribution in [0.2, 0.25) is 0 Å². The van der Waals surface area contributed by atoms with Crippen molar-refractivity contribution in [2.45, 2.75) is 46.6 Å². The van der Waals surface area contributed by atoms with Gasteiger partial charge in [-0.3, -0.25) is 5.32 Å². The summed E-state index contributed by atoms with van der Waals surface area (Å²) in [4.78, 5) is 16.0. The van der Waals surface area contributed by atoms with E-state index in [1.807, 2.05) is 12.3 Å². The molecular weight excluding hydrogens is 262 g/mol. The van der Waals surface area contributed by atoms with E-state index >= 15 is 0 Å². The number of hydrogen-bond acceptors (Lipinski definition) is 4. The van der Waals surface area contributed by atoms with E-state index in [-0.39, 0.29) is 24.1 Å². The van der Waals surface area contributed by atoms with Crippen molar-refractivity contribution in [3.8, 4) is 0 Å². The fraction of sp³-hybridized carbons (Fsp3) is 0.692. The summed E-state index contributed by atoms with van der Waals surface area (Å²) in [5.74, 6) is 0. The number of carbonyl (C=O) groups excluding carboxylic acids is 1. The SMILES string of the molecule is C[C@H](CCO)NC(=O)Nc1nc(CC(C)(C)C)cs1. The van der Waals surface area contributed by atoms with Gasteiger partial charge in [0.25, 0.3) is 0 Å². The summed E-state index contributed by atoms with van der Waals surface area (Å²) >= 11 is 1.43. The third-order valence-corrected chi connectivity index (χ3v) is 3.23. The minimum Gasteiger partial charge on any atom is -0.396 e. The highest BCUT2D eigenvalue weighted by Gasteiger charge is 2.15. The topological polar surface area (TPSA) is 74.2 Å². The molecule has 0 bridgehead atoms. The van der Waals surface area contributed by atoms with Crippen LogP contribution < -0.4 is 10.6 Å². The molecule has 1 atom stereocenters. The summed E-state index contributed by atoms with van der Waals surface area (Å²) < 4.78 is 0. The van der Waals surface area contributed by atoms with E-state index in [4.69, 9.17) is 5.11 Å². The standard InChI is InChI=1S/C13H23N3O2S/c1-9(5-6-17)14-11(18)16-12-15-10(8-19-12)7-13(2,3)4/h8-9,17H,5-7H2,1-4H3,(H2,14,15,16,18)/t9-/m1/s1. The van der Waals surface area contributed by atoms with E-state index in [0.29, 0.717) is 11.6 Å². The van der Waals surface area contributed by atoms with Crippen LogP contribution in [0.25, 0.3) is 0 Å². The van der Waals surface area contributed by atoms with Gasteiger partial charge in [0.1, 0.15) is 0 Å². The molecular formula is C13H23N3O2S. The third-order valence-electron chi connectivity index (χ3n) is 2.42. The lowest BCUT2D eigenvalue weighted by Gasteiger charge is -2.15. The Morgan fingerprint density at radius 3 is 2.79 bits per heavy atom. The molecule has 6 heteroatoms. The zero-order valence-corrected chi connectivity index (χ0v) is 12.8. The van der Waals surface area contributed by atoms with Crippen molar-refractivity contribution in [2.24, 2.45) is 5.41 Å². The number of anilines is 1. The summed E-state index contributed by atoms with van der Waals surface area (Å²) in [6.45, 7) is 8.38. The van der Waals surface area contributed by atoms with Crippen molar-refractivity contribution in [3.05, 3.63) is 11.1 Å². The zero-order chi connectivity index (χ0) is 14.5. The van der Waals surface area contributed by atoms with Crippen LogP contribution in [0, 0.1) is 5.41 Å². The Bertz CT molecular complexity index is 412. The van der Waals surface area contributed by atoms with Crippen molar-refractivity contribution < 1.29 is 9.90 Å². The molecule has 1 aromatic rings. The Morgan fingerprint density at radius 1 is 1.53 bits per heavy atom. The second kappa shape index (κ2) is 6.86. The first kappa shape index (κ1) is 15.9. The minimum atomic E-state index is -0.280. The van der Waals surface area contributed by atoms with Gasteiger partial charge in [-0.2, -0.15) is 0 Å². The van der Waals surface area contributed by atoms with E-state index in [9.17, 15) is 4.79 Å². The number of hydrogen-bond donors (Lipinski definition) is 3. The van der Waals surface area contributed by atoms with Crippen LogP contribution in [-0.2, 0) is 6.42 Å². The van der Waals surface area contributed by atoms with Crippen LogP contribution in [-0.4, -0.2) is 28.8 Å². The Hall–Kier alpha value is -1.14. The number of urea groups is 1. The molecule has 0 saturated heterocycles. The molecule has 0 unspecified atom stereocenters. The number of thiazole rings is 1. The predicted octanol–water partition coefficient (Wildman–Crippen LogP) is 2.62. The summed E-state index contributed by atoms with van der Waals surface area (Å²) in [7, 11) is 0. The normalized spacial score (nSPS) is 13.1. The van der Waals surface area contributed by atoms with Gasteiger partial charge >= 0.3 is 6.03 Å². The second-order valence-electron chi connectivity index (χ2n) is 5.89. The van der Waals surface area contributed by atoms with E-state index in [1.54, 1.807) is 0 Å². The molecule has 0 fully saturated rings. The van der Waals surface area contributed by atoms with Gasteiger partial charge in [-0.1, -0.05) is 20.8 Å². The third kappa shape index (κ3) is 6.54. The quantitative estimate of drug-likeness (QED) is 0.778. The van der Waals surface area contributed by atoms with Crippen LogP contribution >= 0.6 is 11.3 Å². The number of amides is 2. The summed E-state index contributed by atoms with van der Waals surface area (Å²) in [6, 6.07) is -0.336. The van der Waals surface area contributed by atoms with Crippen molar-refractivity contribution in [1.29, 1.82) is 0 Å². The monoisotopic (exact) mass is 285 g/mol. The Balaban J connectivity index is 2.47. The van der Waals surface area contributed by atoms with Gasteiger partial charge in [-0.15, -0.1) is 11.3 Å². The average molecular weight is 285 g/mol. The maximum atomic E-state index is 11.7. The number of aromatic nitrogens is 1. The molecule has 0 radical (unpaired) electrons. The molecule has 2 amide bonds. The molecule has 108 valence electrons. The first-order valence-corrected chi connectivity index (χ1v) is 7.31. The lowest BCUT2D eigenvalue weighted by atomic mass is 9.91. The lowest BCUT2D eigenvalue weighted by Crippen LogP contribution is -2.36. The van der Waals surface area contributed by atoms with Crippen molar-refractivity contribution in [2.75, 3.05) is 11.9 Å². The second-order valence-corrected chi connectivity index (χ2v) is 6.75. The van der Waals surface area contributed by atoms with E-state index < -0.39 is 0 Å². The molecule has 5 nitrogen and oxygen atoms in total. The molecule has 0 aliphatic rings. The molecule has 19 heavy (non-hydrogen) atoms. The van der Waals surface area contributed by atoms with Crippen LogP contribution in [0.15, 0.2) is 5.38 Å². The Labute approximate surface area is 118 Å². The molecule has 0 spiro atoms. The van der Waals surface area contributed by atoms with Crippen molar-refractivity contribution >= 4 is 22.5 Å². The largest absolute Gasteiger partial charge is 0.396 e. The molecule has 1 aromatic heterocycles. The van der Waals surface area contributed by atoms with Crippen LogP contribution in [0.4, 0.5) is 9.93 Å². The van der Waals surface area contributed by atoms with Gasteiger partial charge in [-0.25, -0.2) is 9.78 Å². The smallest absolute Gasteiger partial charge is 0.321 e. The number of nitrogens with zero attached hydrogens (tertiary/aromatic N) is 1. The maximum absolute atomic E-state index is 11.7. The Kier molecular flexibility index (Phi) is 5.75. The van der Waals surface area contributed by atoms with Gasteiger partial charge in [0.2, 0.25) is 0 Å². The highest BCUT2D eigenvalue weighted by molar-refractivity contribution is 7.13. The number of nitrogens with one attached hydrogen (secondary N) is 2. The highest BCUT2D eigenvalue weighted by atomic mass is 32.1. The van der Waals surface area contributed by atoms with Crippen LogP contribution in [0.5, 0.6) is 0 Å². The molecule has 3 N–H and O–H groups in total. The molecule has 0 aromatic carbocycles. The van der Waals surface area contributed by atoms with Crippen LogP contribution in [0.1, 0.15) is 39.8 Å². The number of aliphatic hydroxyl groups is 1. The molecule has 1 rings (SSSR count). The summed E-state index contributed by atoms with van der Waals surface area (Å²) in [6.07, 6.45) is 1.42. The number of carbonyl (C=O) groups is 1. The summed E-state index contributed by atoms with van der Waals surface area (Å²) in [5.41, 5.74) is 1.18. The molecule has 0 aliphatic heterocycles. The van der Waals surface area contributed by atoms with E-state index in [2.05, 4.69) is 36.4 Å². The summed E-state index contributed by atoms with van der Waals surface area (Å²) in [5, 5.41) is 16.8. The van der Waals surface area contributed by atoms with Gasteiger partial charge in [-0.05, 0) is 25.2 Å². The molecule has 0 aliphatic carbocycles. The minimum absolute atomic E-state index is 0.0565. The maximum Gasteiger partial charge on any atom is 0.321 e. The van der Waals surface area contributed by atoms with E-state index in [1.165, 1.54) is 11.3 Å². The highest BCUT2D eigenvalue weighted by Crippen LogP contribution is 2.23. The van der Waals surface area contributed by atoms with Crippen LogP contribution in [0.3, 0.4) is 0 Å². The predicted molar refractivity (Wildman–Crippen MR) is 78.6 cm³/mol. The van der Waals surface area contributed by atoms with Crippen molar-refractivity contribution in [1.82, 2.24) is 10.3 Å². The van der Waals surface area contributed by atoms with Gasteiger partial charge in [0.05, 0.1) is 5.69 Å². The van der Waals surface area contributed by atoms with Crippen molar-refractivity contribution in [3.63, 3.8) is 0 Å².